The Morgan fingerprint density at radius 1 is 0.880 bits per heavy atom. The lowest BCUT2D eigenvalue weighted by molar-refractivity contribution is 0.314. The molecule has 0 nitrogen and oxygen atoms in total. The molecular weight excluding hydrogens is 334 g/mol. The normalized spacial score (nSPS) is 14.5. The zero-order chi connectivity index (χ0) is 17.4. The van der Waals surface area contributed by atoms with Crippen LogP contribution in [0.2, 0.25) is 0 Å². The van der Waals surface area contributed by atoms with E-state index in [1.807, 2.05) is 43.3 Å². The van der Waals surface area contributed by atoms with E-state index in [9.17, 15) is 8.78 Å². The first kappa shape index (κ1) is 16.5. The van der Waals surface area contributed by atoms with Crippen LogP contribution in [0.15, 0.2) is 48.5 Å². The molecule has 0 N–H and O–H groups in total. The molecule has 0 atom stereocenters. The van der Waals surface area contributed by atoms with Crippen LogP contribution in [0.1, 0.15) is 29.7 Å². The van der Waals surface area contributed by atoms with Crippen molar-refractivity contribution in [3.8, 4) is 21.6 Å². The second-order valence-electron chi connectivity index (χ2n) is 6.90. The highest BCUT2D eigenvalue weighted by atomic mass is 32.1. The van der Waals surface area contributed by atoms with Crippen molar-refractivity contribution in [3.05, 3.63) is 70.6 Å². The Hall–Kier alpha value is -2.00. The highest BCUT2D eigenvalue weighted by Crippen LogP contribution is 2.35. The van der Waals surface area contributed by atoms with Gasteiger partial charge in [-0.05, 0) is 48.6 Å². The third kappa shape index (κ3) is 3.25. The van der Waals surface area contributed by atoms with E-state index < -0.39 is 11.6 Å². The first-order valence-electron chi connectivity index (χ1n) is 8.76. The third-order valence-corrected chi connectivity index (χ3v) is 6.14. The SMILES string of the molecule is Cc1ccc(-c2ccc(-c3ccc(CC4CCC4)cc3)c(F)c2F)s1. The molecule has 0 saturated heterocycles. The molecule has 0 bridgehead atoms. The van der Waals surface area contributed by atoms with Crippen molar-refractivity contribution < 1.29 is 8.78 Å². The molecule has 3 heteroatoms. The number of hydrogen-bond donors (Lipinski definition) is 0. The summed E-state index contributed by atoms with van der Waals surface area (Å²) in [6.45, 7) is 1.96. The van der Waals surface area contributed by atoms with Gasteiger partial charge in [-0.3, -0.25) is 0 Å². The lowest BCUT2D eigenvalue weighted by atomic mass is 9.81. The lowest BCUT2D eigenvalue weighted by Crippen LogP contribution is -2.13. The van der Waals surface area contributed by atoms with Crippen LogP contribution < -0.4 is 0 Å². The minimum Gasteiger partial charge on any atom is -0.203 e. The average molecular weight is 354 g/mol. The minimum atomic E-state index is -0.768. The van der Waals surface area contributed by atoms with Crippen molar-refractivity contribution in [2.24, 2.45) is 5.92 Å². The Bertz CT molecular complexity index is 889. The maximum atomic E-state index is 14.6. The van der Waals surface area contributed by atoms with Crippen LogP contribution in [0.5, 0.6) is 0 Å². The van der Waals surface area contributed by atoms with E-state index in [4.69, 9.17) is 0 Å². The second-order valence-corrected chi connectivity index (χ2v) is 8.18. The van der Waals surface area contributed by atoms with E-state index in [1.165, 1.54) is 36.2 Å². The van der Waals surface area contributed by atoms with Crippen molar-refractivity contribution in [1.29, 1.82) is 0 Å². The highest BCUT2D eigenvalue weighted by molar-refractivity contribution is 7.15. The standard InChI is InChI=1S/C22H20F2S/c1-14-5-12-20(25-14)19-11-10-18(21(23)22(19)24)17-8-6-16(7-9-17)13-15-3-2-4-15/h5-12,15H,2-4,13H2,1H3. The van der Waals surface area contributed by atoms with Gasteiger partial charge in [-0.25, -0.2) is 8.78 Å². The number of aryl methyl sites for hydroxylation is 1. The quantitative estimate of drug-likeness (QED) is 0.472. The van der Waals surface area contributed by atoms with Crippen molar-refractivity contribution >= 4 is 11.3 Å². The molecule has 4 rings (SSSR count). The Balaban J connectivity index is 1.62. The maximum absolute atomic E-state index is 14.6. The lowest BCUT2D eigenvalue weighted by Gasteiger charge is -2.25. The molecule has 1 saturated carbocycles. The molecule has 0 spiro atoms. The smallest absolute Gasteiger partial charge is 0.168 e. The van der Waals surface area contributed by atoms with Crippen LogP contribution in [-0.4, -0.2) is 0 Å². The summed E-state index contributed by atoms with van der Waals surface area (Å²) in [5.41, 5.74) is 2.66. The number of hydrogen-bond acceptors (Lipinski definition) is 1. The zero-order valence-electron chi connectivity index (χ0n) is 14.2. The van der Waals surface area contributed by atoms with E-state index in [1.54, 1.807) is 12.1 Å². The summed E-state index contributed by atoms with van der Waals surface area (Å²) in [6.07, 6.45) is 5.05. The summed E-state index contributed by atoms with van der Waals surface area (Å²) in [6, 6.07) is 15.0. The summed E-state index contributed by atoms with van der Waals surface area (Å²) in [5.74, 6) is -0.734. The molecule has 1 aliphatic carbocycles. The van der Waals surface area contributed by atoms with Gasteiger partial charge in [0.1, 0.15) is 0 Å². The van der Waals surface area contributed by atoms with Crippen molar-refractivity contribution in [1.82, 2.24) is 0 Å². The first-order valence-corrected chi connectivity index (χ1v) is 9.57. The highest BCUT2D eigenvalue weighted by Gasteiger charge is 2.19. The molecule has 128 valence electrons. The van der Waals surface area contributed by atoms with Gasteiger partial charge in [0.25, 0.3) is 0 Å². The molecule has 0 radical (unpaired) electrons. The van der Waals surface area contributed by atoms with E-state index in [-0.39, 0.29) is 0 Å². The number of benzene rings is 2. The van der Waals surface area contributed by atoms with Crippen LogP contribution in [0.4, 0.5) is 8.78 Å². The van der Waals surface area contributed by atoms with E-state index in [0.717, 1.165) is 27.7 Å². The Labute approximate surface area is 151 Å². The molecule has 1 fully saturated rings. The summed E-state index contributed by atoms with van der Waals surface area (Å²) >= 11 is 1.47. The molecule has 1 aromatic heterocycles. The van der Waals surface area contributed by atoms with Gasteiger partial charge in [0.2, 0.25) is 0 Å². The molecular formula is C22H20F2S. The van der Waals surface area contributed by atoms with E-state index >= 15 is 0 Å². The third-order valence-electron chi connectivity index (χ3n) is 5.10. The molecule has 1 heterocycles. The fourth-order valence-electron chi connectivity index (χ4n) is 3.39. The second kappa shape index (κ2) is 6.72. The predicted molar refractivity (Wildman–Crippen MR) is 101 cm³/mol. The molecule has 2 aromatic carbocycles. The Kier molecular flexibility index (Phi) is 4.43. The summed E-state index contributed by atoms with van der Waals surface area (Å²) in [5, 5.41) is 0. The van der Waals surface area contributed by atoms with Crippen LogP contribution in [-0.2, 0) is 6.42 Å². The van der Waals surface area contributed by atoms with Crippen LogP contribution >= 0.6 is 11.3 Å². The molecule has 25 heavy (non-hydrogen) atoms. The zero-order valence-corrected chi connectivity index (χ0v) is 15.0. The Morgan fingerprint density at radius 3 is 2.16 bits per heavy atom. The van der Waals surface area contributed by atoms with Gasteiger partial charge in [0.05, 0.1) is 0 Å². The van der Waals surface area contributed by atoms with Crippen molar-refractivity contribution in [2.45, 2.75) is 32.6 Å². The molecule has 0 unspecified atom stereocenters. The van der Waals surface area contributed by atoms with Crippen molar-refractivity contribution in [2.75, 3.05) is 0 Å². The molecule has 3 aromatic rings. The van der Waals surface area contributed by atoms with Gasteiger partial charge in [-0.2, -0.15) is 0 Å². The number of halogens is 2. The number of rotatable bonds is 4. The minimum absolute atomic E-state index is 0.324. The van der Waals surface area contributed by atoms with Gasteiger partial charge in [-0.1, -0.05) is 49.6 Å². The Morgan fingerprint density at radius 2 is 1.56 bits per heavy atom. The monoisotopic (exact) mass is 354 g/mol. The maximum Gasteiger partial charge on any atom is 0.168 e. The predicted octanol–water partition coefficient (Wildman–Crippen LogP) is 7.01. The fraction of sp³-hybridized carbons (Fsp3) is 0.273. The molecule has 1 aliphatic rings. The van der Waals surface area contributed by atoms with Crippen molar-refractivity contribution in [3.63, 3.8) is 0 Å². The topological polar surface area (TPSA) is 0 Å². The number of thiophene rings is 1. The average Bonchev–Trinajstić information content (AvgIpc) is 3.00. The van der Waals surface area contributed by atoms with Crippen LogP contribution in [0, 0.1) is 24.5 Å². The van der Waals surface area contributed by atoms with Gasteiger partial charge >= 0.3 is 0 Å². The molecule has 0 aliphatic heterocycles. The van der Waals surface area contributed by atoms with Crippen LogP contribution in [0.3, 0.4) is 0 Å². The van der Waals surface area contributed by atoms with Gasteiger partial charge in [0, 0.05) is 20.9 Å². The van der Waals surface area contributed by atoms with Gasteiger partial charge in [0.15, 0.2) is 11.6 Å². The fourth-order valence-corrected chi connectivity index (χ4v) is 4.28. The van der Waals surface area contributed by atoms with E-state index in [0.29, 0.717) is 11.1 Å². The summed E-state index contributed by atoms with van der Waals surface area (Å²) in [4.78, 5) is 1.84. The summed E-state index contributed by atoms with van der Waals surface area (Å²) in [7, 11) is 0. The first-order chi connectivity index (χ1) is 12.1. The van der Waals surface area contributed by atoms with E-state index in [2.05, 4.69) is 0 Å². The van der Waals surface area contributed by atoms with Gasteiger partial charge < -0.3 is 0 Å². The van der Waals surface area contributed by atoms with Gasteiger partial charge in [-0.15, -0.1) is 11.3 Å². The summed E-state index contributed by atoms with van der Waals surface area (Å²) < 4.78 is 29.2. The molecule has 0 amide bonds. The largest absolute Gasteiger partial charge is 0.203 e. The van der Waals surface area contributed by atoms with Crippen LogP contribution in [0.25, 0.3) is 21.6 Å².